The number of nitrogens with one attached hydrogen (secondary N) is 1. The van der Waals surface area contributed by atoms with Crippen molar-refractivity contribution in [3.8, 4) is 0 Å². The number of nitrogens with zero attached hydrogens (tertiary/aromatic N) is 1. The summed E-state index contributed by atoms with van der Waals surface area (Å²) in [5.74, 6) is -0.0577. The van der Waals surface area contributed by atoms with Gasteiger partial charge in [0.15, 0.2) is 5.96 Å². The molecule has 2 fully saturated rings. The first kappa shape index (κ1) is 13.3. The second-order valence-electron chi connectivity index (χ2n) is 5.75. The highest BCUT2D eigenvalue weighted by atomic mass is 19.1. The molecule has 0 spiro atoms. The van der Waals surface area contributed by atoms with Crippen molar-refractivity contribution in [2.24, 2.45) is 16.6 Å². The van der Waals surface area contributed by atoms with Gasteiger partial charge in [0.05, 0.1) is 0 Å². The Morgan fingerprint density at radius 3 is 2.60 bits per heavy atom. The van der Waals surface area contributed by atoms with Crippen LogP contribution >= 0.6 is 0 Å². The predicted octanol–water partition coefficient (Wildman–Crippen LogP) is 2.53. The van der Waals surface area contributed by atoms with Crippen molar-refractivity contribution in [3.05, 3.63) is 35.4 Å². The number of nitrogens with two attached hydrogens (primary N) is 1. The van der Waals surface area contributed by atoms with Gasteiger partial charge in [-0.2, -0.15) is 0 Å². The first-order valence-corrected chi connectivity index (χ1v) is 7.15. The van der Waals surface area contributed by atoms with Crippen molar-refractivity contribution < 1.29 is 8.78 Å². The molecule has 0 aliphatic heterocycles. The highest BCUT2D eigenvalue weighted by Crippen LogP contribution is 2.42. The molecule has 20 heavy (non-hydrogen) atoms. The van der Waals surface area contributed by atoms with Crippen LogP contribution in [0.25, 0.3) is 0 Å². The smallest absolute Gasteiger partial charge is 0.188 e. The minimum Gasteiger partial charge on any atom is -0.370 e. The normalized spacial score (nSPS) is 26.2. The summed E-state index contributed by atoms with van der Waals surface area (Å²) in [5.41, 5.74) is 5.97. The number of rotatable bonds is 4. The Labute approximate surface area is 117 Å². The highest BCUT2D eigenvalue weighted by Gasteiger charge is 2.42. The molecule has 1 aromatic rings. The fourth-order valence-electron chi connectivity index (χ4n) is 2.68. The zero-order chi connectivity index (χ0) is 14.1. The van der Waals surface area contributed by atoms with Crippen LogP contribution in [0.15, 0.2) is 23.2 Å². The second kappa shape index (κ2) is 5.38. The van der Waals surface area contributed by atoms with E-state index in [0.29, 0.717) is 18.3 Å². The van der Waals surface area contributed by atoms with E-state index in [2.05, 4.69) is 10.3 Å². The van der Waals surface area contributed by atoms with Crippen molar-refractivity contribution >= 4 is 5.96 Å². The lowest BCUT2D eigenvalue weighted by Crippen LogP contribution is -2.35. The summed E-state index contributed by atoms with van der Waals surface area (Å²) in [6.45, 7) is 0.754. The summed E-state index contributed by atoms with van der Waals surface area (Å²) in [5, 5.41) is 3.05. The number of benzene rings is 1. The van der Waals surface area contributed by atoms with E-state index in [1.54, 1.807) is 0 Å². The van der Waals surface area contributed by atoms with E-state index in [0.717, 1.165) is 6.54 Å². The summed E-state index contributed by atoms with van der Waals surface area (Å²) in [6, 6.07) is 3.96. The Bertz CT molecular complexity index is 506. The minimum atomic E-state index is -0.482. The van der Waals surface area contributed by atoms with Gasteiger partial charge in [0, 0.05) is 24.1 Å². The molecule has 2 unspecified atom stereocenters. The molecule has 2 atom stereocenters. The van der Waals surface area contributed by atoms with Gasteiger partial charge >= 0.3 is 0 Å². The Morgan fingerprint density at radius 1 is 1.30 bits per heavy atom. The molecule has 1 aromatic carbocycles. The fraction of sp³-hybridized carbons (Fsp3) is 0.533. The van der Waals surface area contributed by atoms with Gasteiger partial charge in [-0.25, -0.2) is 8.78 Å². The van der Waals surface area contributed by atoms with Crippen LogP contribution in [0.3, 0.4) is 0 Å². The molecule has 0 aromatic heterocycles. The summed E-state index contributed by atoms with van der Waals surface area (Å²) >= 11 is 0. The maximum Gasteiger partial charge on any atom is 0.188 e. The quantitative estimate of drug-likeness (QED) is 0.657. The van der Waals surface area contributed by atoms with Gasteiger partial charge in [0.2, 0.25) is 0 Å². The molecule has 0 radical (unpaired) electrons. The molecular weight excluding hydrogens is 260 g/mol. The van der Waals surface area contributed by atoms with E-state index in [4.69, 9.17) is 5.73 Å². The van der Waals surface area contributed by atoms with E-state index < -0.39 is 11.6 Å². The molecule has 0 saturated heterocycles. The predicted molar refractivity (Wildman–Crippen MR) is 74.5 cm³/mol. The molecule has 2 aliphatic carbocycles. The maximum absolute atomic E-state index is 13.6. The lowest BCUT2D eigenvalue weighted by Gasteiger charge is -2.23. The minimum absolute atomic E-state index is 0.00783. The van der Waals surface area contributed by atoms with Crippen LogP contribution in [0.1, 0.15) is 37.2 Å². The van der Waals surface area contributed by atoms with Crippen molar-refractivity contribution in [2.75, 3.05) is 6.54 Å². The topological polar surface area (TPSA) is 50.4 Å². The van der Waals surface area contributed by atoms with Gasteiger partial charge in [-0.1, -0.05) is 12.5 Å². The molecule has 3 nitrogen and oxygen atoms in total. The third-order valence-electron chi connectivity index (χ3n) is 4.24. The summed E-state index contributed by atoms with van der Waals surface area (Å²) in [6.07, 6.45) is 4.43. The van der Waals surface area contributed by atoms with Crippen LogP contribution in [0, 0.1) is 17.6 Å². The Balaban J connectivity index is 1.56. The van der Waals surface area contributed by atoms with E-state index in [-0.39, 0.29) is 17.5 Å². The maximum atomic E-state index is 13.6. The fourth-order valence-corrected chi connectivity index (χ4v) is 2.68. The lowest BCUT2D eigenvalue weighted by molar-refractivity contribution is 0.326. The summed E-state index contributed by atoms with van der Waals surface area (Å²) < 4.78 is 27.3. The van der Waals surface area contributed by atoms with Crippen molar-refractivity contribution in [2.45, 2.75) is 37.6 Å². The van der Waals surface area contributed by atoms with Crippen LogP contribution in [-0.2, 0) is 0 Å². The summed E-state index contributed by atoms with van der Waals surface area (Å²) in [4.78, 5) is 4.30. The molecule has 0 bridgehead atoms. The molecule has 3 N–H and O–H groups in total. The lowest BCUT2D eigenvalue weighted by atomic mass is 9.86. The van der Waals surface area contributed by atoms with E-state index >= 15 is 0 Å². The van der Waals surface area contributed by atoms with Crippen LogP contribution in [0.2, 0.25) is 0 Å². The first-order chi connectivity index (χ1) is 9.65. The molecule has 2 saturated carbocycles. The number of hydrogen-bond acceptors (Lipinski definition) is 1. The molecule has 108 valence electrons. The Morgan fingerprint density at radius 2 is 2.00 bits per heavy atom. The van der Waals surface area contributed by atoms with Gasteiger partial charge in [-0.3, -0.25) is 4.99 Å². The highest BCUT2D eigenvalue weighted by molar-refractivity contribution is 5.78. The number of aliphatic imine (C=N–C) groups is 1. The van der Waals surface area contributed by atoms with Crippen LogP contribution in [-0.4, -0.2) is 18.5 Å². The molecule has 3 rings (SSSR count). The van der Waals surface area contributed by atoms with E-state index in [9.17, 15) is 8.78 Å². The molecule has 0 amide bonds. The van der Waals surface area contributed by atoms with Crippen molar-refractivity contribution in [3.63, 3.8) is 0 Å². The van der Waals surface area contributed by atoms with Gasteiger partial charge in [0.25, 0.3) is 0 Å². The molecule has 5 heteroatoms. The number of halogens is 2. The number of guanidine groups is 1. The van der Waals surface area contributed by atoms with Crippen molar-refractivity contribution in [1.29, 1.82) is 0 Å². The monoisotopic (exact) mass is 279 g/mol. The van der Waals surface area contributed by atoms with E-state index in [1.165, 1.54) is 37.5 Å². The average molecular weight is 279 g/mol. The van der Waals surface area contributed by atoms with Crippen LogP contribution in [0.5, 0.6) is 0 Å². The summed E-state index contributed by atoms with van der Waals surface area (Å²) in [7, 11) is 0. The van der Waals surface area contributed by atoms with Crippen LogP contribution in [0.4, 0.5) is 8.78 Å². The van der Waals surface area contributed by atoms with Gasteiger partial charge < -0.3 is 11.1 Å². The molecule has 0 heterocycles. The van der Waals surface area contributed by atoms with Gasteiger partial charge in [-0.05, 0) is 37.3 Å². The molecule has 2 aliphatic rings. The zero-order valence-electron chi connectivity index (χ0n) is 11.3. The number of hydrogen-bond donors (Lipinski definition) is 2. The zero-order valence-corrected chi connectivity index (χ0v) is 11.3. The third kappa shape index (κ3) is 2.76. The Hall–Kier alpha value is -1.65. The second-order valence-corrected chi connectivity index (χ2v) is 5.75. The standard InChI is InChI=1S/C15H19F2N3/c16-11-5-2-6-12(17)14(11)10-7-13(10)20-15(18)19-8-9-3-1-4-9/h2,5-6,9-10,13H,1,3-4,7-8H2,(H3,18,19,20). The van der Waals surface area contributed by atoms with E-state index in [1.807, 2.05) is 0 Å². The first-order valence-electron chi connectivity index (χ1n) is 7.15. The van der Waals surface area contributed by atoms with Crippen LogP contribution < -0.4 is 11.1 Å². The van der Waals surface area contributed by atoms with Gasteiger partial charge in [0.1, 0.15) is 11.6 Å². The SMILES string of the molecule is NC(=NCC1CCC1)NC1CC1c1c(F)cccc1F. The molecular formula is C15H19F2N3. The van der Waals surface area contributed by atoms with Gasteiger partial charge in [-0.15, -0.1) is 0 Å². The Kier molecular flexibility index (Phi) is 3.59. The van der Waals surface area contributed by atoms with Crippen molar-refractivity contribution in [1.82, 2.24) is 5.32 Å². The largest absolute Gasteiger partial charge is 0.370 e. The average Bonchev–Trinajstić information content (AvgIpc) is 3.05. The third-order valence-corrected chi connectivity index (χ3v) is 4.24.